The van der Waals surface area contributed by atoms with E-state index in [0.717, 1.165) is 0 Å². The van der Waals surface area contributed by atoms with Gasteiger partial charge in [0.15, 0.2) is 5.82 Å². The molecule has 0 bridgehead atoms. The van der Waals surface area contributed by atoms with Gasteiger partial charge in [-0.25, -0.2) is 4.39 Å². The summed E-state index contributed by atoms with van der Waals surface area (Å²) in [5.41, 5.74) is 13.6. The van der Waals surface area contributed by atoms with Gasteiger partial charge < -0.3 is 11.5 Å². The number of hydrogen-bond acceptors (Lipinski definition) is 5. The minimum absolute atomic E-state index is 0.0281. The average molecular weight is 305 g/mol. The minimum Gasteiger partial charge on any atom is -0.399 e. The molecule has 4 N–H and O–H groups in total. The Labute approximate surface area is 124 Å². The summed E-state index contributed by atoms with van der Waals surface area (Å²) in [4.78, 5) is 0. The topological polar surface area (TPSA) is 95.6 Å². The lowest BCUT2D eigenvalue weighted by Crippen LogP contribution is -2.02. The number of nitrogens with zero attached hydrogens (tertiary/aromatic N) is 4. The summed E-state index contributed by atoms with van der Waals surface area (Å²) in [6, 6.07) is 9.29. The second kappa shape index (κ2) is 5.02. The molecule has 6 nitrogen and oxygen atoms in total. The molecule has 1 heterocycles. The lowest BCUT2D eigenvalue weighted by Gasteiger charge is -2.08. The van der Waals surface area contributed by atoms with Crippen molar-refractivity contribution in [3.8, 4) is 17.1 Å². The van der Waals surface area contributed by atoms with Crippen LogP contribution in [-0.4, -0.2) is 20.2 Å². The maximum atomic E-state index is 13.6. The monoisotopic (exact) mass is 304 g/mol. The van der Waals surface area contributed by atoms with Gasteiger partial charge >= 0.3 is 0 Å². The number of benzene rings is 2. The van der Waals surface area contributed by atoms with E-state index in [1.54, 1.807) is 24.3 Å². The number of nitrogen functional groups attached to an aromatic ring is 2. The molecule has 21 heavy (non-hydrogen) atoms. The highest BCUT2D eigenvalue weighted by Gasteiger charge is 2.14. The molecule has 0 spiro atoms. The molecule has 0 saturated carbocycles. The van der Waals surface area contributed by atoms with E-state index in [0.29, 0.717) is 28.5 Å². The summed E-state index contributed by atoms with van der Waals surface area (Å²) in [7, 11) is 0. The molecule has 0 fully saturated rings. The van der Waals surface area contributed by atoms with Crippen molar-refractivity contribution in [2.75, 3.05) is 11.5 Å². The van der Waals surface area contributed by atoms with Crippen molar-refractivity contribution in [3.63, 3.8) is 0 Å². The van der Waals surface area contributed by atoms with E-state index < -0.39 is 5.82 Å². The first-order valence-electron chi connectivity index (χ1n) is 5.95. The standard InChI is InChI=1S/C13H10ClFN6/c14-10-4-2-8(6-11(10)15)21-13(18-19-20-21)9-3-1-7(16)5-12(9)17/h1-6H,16-17H2. The van der Waals surface area contributed by atoms with Crippen LogP contribution in [0.1, 0.15) is 0 Å². The summed E-state index contributed by atoms with van der Waals surface area (Å²) in [6.45, 7) is 0. The van der Waals surface area contributed by atoms with Crippen LogP contribution in [0.5, 0.6) is 0 Å². The van der Waals surface area contributed by atoms with Crippen molar-refractivity contribution in [2.45, 2.75) is 0 Å². The van der Waals surface area contributed by atoms with Crippen molar-refractivity contribution in [1.29, 1.82) is 0 Å². The molecule has 0 aliphatic carbocycles. The molecule has 0 aliphatic rings. The Hall–Kier alpha value is -2.67. The summed E-state index contributed by atoms with van der Waals surface area (Å²) in [5.74, 6) is -0.171. The first kappa shape index (κ1) is 13.3. The number of tetrazole rings is 1. The van der Waals surface area contributed by atoms with E-state index in [9.17, 15) is 4.39 Å². The van der Waals surface area contributed by atoms with Gasteiger partial charge in [0.05, 0.1) is 10.7 Å². The number of anilines is 2. The summed E-state index contributed by atoms with van der Waals surface area (Å²) in [6.07, 6.45) is 0. The predicted octanol–water partition coefficient (Wildman–Crippen LogP) is 2.29. The molecule has 1 aromatic heterocycles. The van der Waals surface area contributed by atoms with Gasteiger partial charge in [0.2, 0.25) is 0 Å². The van der Waals surface area contributed by atoms with Crippen molar-refractivity contribution < 1.29 is 4.39 Å². The van der Waals surface area contributed by atoms with Gasteiger partial charge in [-0.1, -0.05) is 11.6 Å². The van der Waals surface area contributed by atoms with Crippen LogP contribution in [-0.2, 0) is 0 Å². The maximum Gasteiger partial charge on any atom is 0.189 e. The van der Waals surface area contributed by atoms with Gasteiger partial charge in [-0.3, -0.25) is 0 Å². The molecule has 0 aliphatic heterocycles. The average Bonchev–Trinajstić information content (AvgIpc) is 2.91. The maximum absolute atomic E-state index is 13.6. The lowest BCUT2D eigenvalue weighted by atomic mass is 10.1. The summed E-state index contributed by atoms with van der Waals surface area (Å²) < 4.78 is 15.0. The van der Waals surface area contributed by atoms with Gasteiger partial charge in [-0.15, -0.1) is 5.10 Å². The molecule has 0 radical (unpaired) electrons. The fourth-order valence-electron chi connectivity index (χ4n) is 1.93. The predicted molar refractivity (Wildman–Crippen MR) is 78.4 cm³/mol. The van der Waals surface area contributed by atoms with Crippen LogP contribution >= 0.6 is 11.6 Å². The highest BCUT2D eigenvalue weighted by molar-refractivity contribution is 6.30. The van der Waals surface area contributed by atoms with Crippen molar-refractivity contribution in [1.82, 2.24) is 20.2 Å². The Morgan fingerprint density at radius 3 is 2.62 bits per heavy atom. The molecule has 3 rings (SSSR count). The molecule has 106 valence electrons. The fraction of sp³-hybridized carbons (Fsp3) is 0. The smallest absolute Gasteiger partial charge is 0.189 e. The summed E-state index contributed by atoms with van der Waals surface area (Å²) in [5, 5.41) is 11.4. The second-order valence-corrected chi connectivity index (χ2v) is 4.77. The third-order valence-electron chi connectivity index (χ3n) is 2.93. The Kier molecular flexibility index (Phi) is 3.19. The zero-order chi connectivity index (χ0) is 15.0. The molecule has 0 atom stereocenters. The zero-order valence-electron chi connectivity index (χ0n) is 10.7. The number of halogens is 2. The van der Waals surface area contributed by atoms with E-state index in [-0.39, 0.29) is 5.02 Å². The number of nitrogens with two attached hydrogens (primary N) is 2. The zero-order valence-corrected chi connectivity index (χ0v) is 11.4. The number of rotatable bonds is 2. The Morgan fingerprint density at radius 1 is 1.10 bits per heavy atom. The molecular weight excluding hydrogens is 295 g/mol. The van der Waals surface area contributed by atoms with E-state index in [4.69, 9.17) is 23.1 Å². The molecule has 0 amide bonds. The lowest BCUT2D eigenvalue weighted by molar-refractivity contribution is 0.625. The van der Waals surface area contributed by atoms with Gasteiger partial charge in [-0.2, -0.15) is 4.68 Å². The van der Waals surface area contributed by atoms with E-state index in [1.165, 1.54) is 16.8 Å². The van der Waals surface area contributed by atoms with Crippen LogP contribution in [0.2, 0.25) is 5.02 Å². The van der Waals surface area contributed by atoms with Gasteiger partial charge in [0.1, 0.15) is 5.82 Å². The first-order chi connectivity index (χ1) is 10.1. The van der Waals surface area contributed by atoms with Crippen molar-refractivity contribution in [2.24, 2.45) is 0 Å². The molecule has 0 unspecified atom stereocenters. The Balaban J connectivity index is 2.14. The van der Waals surface area contributed by atoms with Crippen LogP contribution in [0.3, 0.4) is 0 Å². The number of hydrogen-bond donors (Lipinski definition) is 2. The quantitative estimate of drug-likeness (QED) is 0.708. The van der Waals surface area contributed by atoms with Gasteiger partial charge in [0, 0.05) is 23.0 Å². The van der Waals surface area contributed by atoms with E-state index in [1.807, 2.05) is 0 Å². The van der Waals surface area contributed by atoms with Crippen LogP contribution in [0.4, 0.5) is 15.8 Å². The van der Waals surface area contributed by atoms with E-state index in [2.05, 4.69) is 15.5 Å². The molecule has 8 heteroatoms. The molecule has 0 saturated heterocycles. The minimum atomic E-state index is -0.555. The largest absolute Gasteiger partial charge is 0.399 e. The van der Waals surface area contributed by atoms with Gasteiger partial charge in [0.25, 0.3) is 0 Å². The Morgan fingerprint density at radius 2 is 1.90 bits per heavy atom. The highest BCUT2D eigenvalue weighted by Crippen LogP contribution is 2.27. The molecule has 3 aromatic rings. The highest BCUT2D eigenvalue weighted by atomic mass is 35.5. The third-order valence-corrected chi connectivity index (χ3v) is 3.24. The van der Waals surface area contributed by atoms with Crippen LogP contribution in [0.15, 0.2) is 36.4 Å². The first-order valence-corrected chi connectivity index (χ1v) is 6.33. The van der Waals surface area contributed by atoms with Crippen molar-refractivity contribution >= 4 is 23.0 Å². The fourth-order valence-corrected chi connectivity index (χ4v) is 2.05. The second-order valence-electron chi connectivity index (χ2n) is 4.36. The van der Waals surface area contributed by atoms with Gasteiger partial charge in [-0.05, 0) is 40.8 Å². The SMILES string of the molecule is Nc1ccc(-c2nnnn2-c2ccc(Cl)c(F)c2)c(N)c1. The summed E-state index contributed by atoms with van der Waals surface area (Å²) >= 11 is 5.67. The van der Waals surface area contributed by atoms with Crippen molar-refractivity contribution in [3.05, 3.63) is 47.2 Å². The third kappa shape index (κ3) is 2.38. The Bertz CT molecular complexity index is 816. The normalized spacial score (nSPS) is 10.8. The van der Waals surface area contributed by atoms with Crippen LogP contribution < -0.4 is 11.5 Å². The van der Waals surface area contributed by atoms with E-state index >= 15 is 0 Å². The molecule has 2 aromatic carbocycles. The molecular formula is C13H10ClFN6. The number of aromatic nitrogens is 4. The van der Waals surface area contributed by atoms with Crippen LogP contribution in [0.25, 0.3) is 17.1 Å². The van der Waals surface area contributed by atoms with Crippen LogP contribution in [0, 0.1) is 5.82 Å².